The second-order valence-electron chi connectivity index (χ2n) is 5.50. The molecule has 3 rings (SSSR count). The van der Waals surface area contributed by atoms with Crippen molar-refractivity contribution in [2.45, 2.75) is 18.9 Å². The van der Waals surface area contributed by atoms with Crippen LogP contribution in [0.4, 0.5) is 5.82 Å². The number of anilines is 1. The second-order valence-corrected chi connectivity index (χ2v) is 5.50. The summed E-state index contributed by atoms with van der Waals surface area (Å²) in [6, 6.07) is 4.96. The van der Waals surface area contributed by atoms with E-state index in [4.69, 9.17) is 9.84 Å². The van der Waals surface area contributed by atoms with Crippen molar-refractivity contribution in [2.24, 2.45) is 0 Å². The van der Waals surface area contributed by atoms with Crippen molar-refractivity contribution in [1.82, 2.24) is 9.88 Å². The molecular formula is C15H19N3O4. The molecule has 22 heavy (non-hydrogen) atoms. The molecule has 0 spiro atoms. The molecule has 0 bridgehead atoms. The largest absolute Gasteiger partial charge is 0.477 e. The van der Waals surface area contributed by atoms with E-state index in [0.717, 1.165) is 12.8 Å². The number of pyridine rings is 1. The fourth-order valence-corrected chi connectivity index (χ4v) is 2.85. The summed E-state index contributed by atoms with van der Waals surface area (Å²) >= 11 is 0. The third kappa shape index (κ3) is 3.04. The smallest absolute Gasteiger partial charge is 0.354 e. The number of aromatic nitrogens is 1. The minimum atomic E-state index is -1.03. The van der Waals surface area contributed by atoms with Crippen molar-refractivity contribution in [3.8, 4) is 0 Å². The number of carboxylic acid groups (broad SMARTS) is 1. The van der Waals surface area contributed by atoms with Gasteiger partial charge in [-0.2, -0.15) is 0 Å². The Kier molecular flexibility index (Phi) is 4.24. The van der Waals surface area contributed by atoms with Crippen molar-refractivity contribution in [3.63, 3.8) is 0 Å². The Morgan fingerprint density at radius 2 is 2.00 bits per heavy atom. The number of aromatic carboxylic acids is 1. The quantitative estimate of drug-likeness (QED) is 0.881. The zero-order chi connectivity index (χ0) is 15.5. The molecule has 2 saturated heterocycles. The number of piperazine rings is 1. The van der Waals surface area contributed by atoms with Crippen LogP contribution in [-0.4, -0.2) is 65.8 Å². The van der Waals surface area contributed by atoms with E-state index < -0.39 is 5.97 Å². The third-order valence-electron chi connectivity index (χ3n) is 4.07. The highest BCUT2D eigenvalue weighted by Gasteiger charge is 2.30. The van der Waals surface area contributed by atoms with Crippen LogP contribution in [0.2, 0.25) is 0 Å². The SMILES string of the molecule is O=C(O)c1cccc(N2CCN(C(=O)C3CCCO3)CC2)n1. The van der Waals surface area contributed by atoms with Crippen LogP contribution in [0.1, 0.15) is 23.3 Å². The second kappa shape index (κ2) is 6.31. The van der Waals surface area contributed by atoms with Gasteiger partial charge in [0.1, 0.15) is 11.9 Å². The van der Waals surface area contributed by atoms with Crippen LogP contribution in [-0.2, 0) is 9.53 Å². The Bertz CT molecular complexity index is 564. The van der Waals surface area contributed by atoms with Gasteiger partial charge >= 0.3 is 5.97 Å². The molecule has 0 aliphatic carbocycles. The molecule has 3 heterocycles. The number of hydrogen-bond acceptors (Lipinski definition) is 5. The number of carbonyl (C=O) groups is 2. The molecule has 0 radical (unpaired) electrons. The Balaban J connectivity index is 1.60. The van der Waals surface area contributed by atoms with Crippen LogP contribution < -0.4 is 4.90 Å². The molecule has 7 heteroatoms. The molecule has 0 saturated carbocycles. The topological polar surface area (TPSA) is 83.0 Å². The maximum absolute atomic E-state index is 12.3. The summed E-state index contributed by atoms with van der Waals surface area (Å²) in [6.45, 7) is 3.18. The number of hydrogen-bond donors (Lipinski definition) is 1. The summed E-state index contributed by atoms with van der Waals surface area (Å²) in [4.78, 5) is 31.2. The van der Waals surface area contributed by atoms with E-state index in [9.17, 15) is 9.59 Å². The highest BCUT2D eigenvalue weighted by atomic mass is 16.5. The van der Waals surface area contributed by atoms with Gasteiger partial charge in [-0.15, -0.1) is 0 Å². The fraction of sp³-hybridized carbons (Fsp3) is 0.533. The molecule has 2 aliphatic rings. The number of rotatable bonds is 3. The number of carboxylic acids is 1. The lowest BCUT2D eigenvalue weighted by Gasteiger charge is -2.36. The first kappa shape index (κ1) is 14.8. The molecule has 2 fully saturated rings. The Morgan fingerprint density at radius 1 is 1.23 bits per heavy atom. The van der Waals surface area contributed by atoms with Crippen molar-refractivity contribution in [1.29, 1.82) is 0 Å². The summed E-state index contributed by atoms with van der Waals surface area (Å²) in [5.74, 6) is -0.317. The minimum Gasteiger partial charge on any atom is -0.477 e. The number of carbonyl (C=O) groups excluding carboxylic acids is 1. The molecule has 0 aromatic carbocycles. The van der Waals surface area contributed by atoms with E-state index in [1.54, 1.807) is 12.1 Å². The standard InChI is InChI=1S/C15H19N3O4/c19-14(12-4-2-10-22-12)18-8-6-17(7-9-18)13-5-1-3-11(16-13)15(20)21/h1,3,5,12H,2,4,6-10H2,(H,20,21). The predicted octanol–water partition coefficient (Wildman–Crippen LogP) is 0.607. The van der Waals surface area contributed by atoms with E-state index in [1.807, 2.05) is 9.80 Å². The maximum Gasteiger partial charge on any atom is 0.354 e. The molecule has 1 aromatic rings. The lowest BCUT2D eigenvalue weighted by Crippen LogP contribution is -2.51. The van der Waals surface area contributed by atoms with Crippen LogP contribution in [0.25, 0.3) is 0 Å². The molecule has 7 nitrogen and oxygen atoms in total. The fourth-order valence-electron chi connectivity index (χ4n) is 2.85. The summed E-state index contributed by atoms with van der Waals surface area (Å²) in [5.41, 5.74) is 0.0374. The van der Waals surface area contributed by atoms with Crippen molar-refractivity contribution in [2.75, 3.05) is 37.7 Å². The zero-order valence-electron chi connectivity index (χ0n) is 12.3. The molecule has 118 valence electrons. The molecule has 1 atom stereocenters. The van der Waals surface area contributed by atoms with Gasteiger partial charge in [-0.1, -0.05) is 6.07 Å². The van der Waals surface area contributed by atoms with E-state index >= 15 is 0 Å². The van der Waals surface area contributed by atoms with E-state index in [-0.39, 0.29) is 17.7 Å². The van der Waals surface area contributed by atoms with Crippen molar-refractivity contribution < 1.29 is 19.4 Å². The van der Waals surface area contributed by atoms with Gasteiger partial charge in [-0.25, -0.2) is 9.78 Å². The van der Waals surface area contributed by atoms with E-state index in [1.165, 1.54) is 6.07 Å². The van der Waals surface area contributed by atoms with E-state index in [2.05, 4.69) is 4.98 Å². The first-order chi connectivity index (χ1) is 10.6. The van der Waals surface area contributed by atoms with Gasteiger partial charge in [0.05, 0.1) is 0 Å². The van der Waals surface area contributed by atoms with Gasteiger partial charge < -0.3 is 19.6 Å². The molecular weight excluding hydrogens is 286 g/mol. The monoisotopic (exact) mass is 305 g/mol. The maximum atomic E-state index is 12.3. The van der Waals surface area contributed by atoms with Gasteiger partial charge in [0.15, 0.2) is 5.69 Å². The van der Waals surface area contributed by atoms with Crippen LogP contribution >= 0.6 is 0 Å². The minimum absolute atomic E-state index is 0.0374. The van der Waals surface area contributed by atoms with Gasteiger partial charge in [0, 0.05) is 32.8 Å². The van der Waals surface area contributed by atoms with E-state index in [0.29, 0.717) is 38.6 Å². The highest BCUT2D eigenvalue weighted by Crippen LogP contribution is 2.18. The average Bonchev–Trinajstić information content (AvgIpc) is 3.09. The lowest BCUT2D eigenvalue weighted by molar-refractivity contribution is -0.141. The normalized spacial score (nSPS) is 21.9. The first-order valence-electron chi connectivity index (χ1n) is 7.51. The highest BCUT2D eigenvalue weighted by molar-refractivity contribution is 5.85. The first-order valence-corrected chi connectivity index (χ1v) is 7.51. The Hall–Kier alpha value is -2.15. The summed E-state index contributed by atoms with van der Waals surface area (Å²) in [7, 11) is 0. The van der Waals surface area contributed by atoms with Crippen LogP contribution in [0, 0.1) is 0 Å². The van der Waals surface area contributed by atoms with Crippen molar-refractivity contribution in [3.05, 3.63) is 23.9 Å². The average molecular weight is 305 g/mol. The zero-order valence-corrected chi connectivity index (χ0v) is 12.3. The lowest BCUT2D eigenvalue weighted by atomic mass is 10.2. The van der Waals surface area contributed by atoms with Gasteiger partial charge in [-0.05, 0) is 25.0 Å². The molecule has 1 N–H and O–H groups in total. The van der Waals surface area contributed by atoms with Gasteiger partial charge in [0.2, 0.25) is 0 Å². The Labute approximate surface area is 128 Å². The number of nitrogens with zero attached hydrogens (tertiary/aromatic N) is 3. The molecule has 2 aliphatic heterocycles. The van der Waals surface area contributed by atoms with Crippen LogP contribution in [0.5, 0.6) is 0 Å². The predicted molar refractivity (Wildman–Crippen MR) is 79.0 cm³/mol. The molecule has 1 amide bonds. The Morgan fingerprint density at radius 3 is 2.64 bits per heavy atom. The summed E-state index contributed by atoms with van der Waals surface area (Å²) in [5, 5.41) is 9.00. The number of ether oxygens (including phenoxy) is 1. The number of amides is 1. The van der Waals surface area contributed by atoms with Gasteiger partial charge in [0.25, 0.3) is 5.91 Å². The van der Waals surface area contributed by atoms with Crippen molar-refractivity contribution >= 4 is 17.7 Å². The molecule has 1 aromatic heterocycles. The van der Waals surface area contributed by atoms with Gasteiger partial charge in [-0.3, -0.25) is 4.79 Å². The molecule has 1 unspecified atom stereocenters. The van der Waals surface area contributed by atoms with Crippen LogP contribution in [0.15, 0.2) is 18.2 Å². The third-order valence-corrected chi connectivity index (χ3v) is 4.07. The summed E-state index contributed by atoms with van der Waals surface area (Å²) < 4.78 is 5.44. The van der Waals surface area contributed by atoms with Crippen LogP contribution in [0.3, 0.4) is 0 Å². The summed E-state index contributed by atoms with van der Waals surface area (Å²) in [6.07, 6.45) is 1.48.